The second-order valence-corrected chi connectivity index (χ2v) is 4.57. The summed E-state index contributed by atoms with van der Waals surface area (Å²) in [6, 6.07) is 0. The number of rotatable bonds is 2. The molecule has 0 aromatic carbocycles. The number of nitrogens with zero attached hydrogens (tertiary/aromatic N) is 2. The summed E-state index contributed by atoms with van der Waals surface area (Å²) in [6.07, 6.45) is 2.81. The molecular formula is C13H20N2O. The van der Waals surface area contributed by atoms with E-state index in [9.17, 15) is 0 Å². The van der Waals surface area contributed by atoms with Crippen molar-refractivity contribution in [2.75, 3.05) is 13.2 Å². The molecule has 3 nitrogen and oxygen atoms in total. The van der Waals surface area contributed by atoms with E-state index < -0.39 is 0 Å². The Labute approximate surface area is 97.3 Å². The molecule has 1 aromatic rings. The molecule has 1 aromatic heterocycles. The van der Waals surface area contributed by atoms with Crippen molar-refractivity contribution in [2.24, 2.45) is 0 Å². The van der Waals surface area contributed by atoms with Crippen molar-refractivity contribution in [3.05, 3.63) is 22.8 Å². The lowest BCUT2D eigenvalue weighted by Crippen LogP contribution is -2.10. The number of hydrogen-bond donors (Lipinski definition) is 0. The molecule has 0 unspecified atom stereocenters. The van der Waals surface area contributed by atoms with Crippen molar-refractivity contribution in [2.45, 2.75) is 46.0 Å². The van der Waals surface area contributed by atoms with Crippen molar-refractivity contribution in [1.29, 1.82) is 0 Å². The second kappa shape index (κ2) is 4.91. The molecule has 1 aliphatic rings. The van der Waals surface area contributed by atoms with Crippen LogP contribution in [0.1, 0.15) is 49.5 Å². The van der Waals surface area contributed by atoms with Crippen molar-refractivity contribution in [3.8, 4) is 0 Å². The van der Waals surface area contributed by atoms with Gasteiger partial charge in [0.25, 0.3) is 0 Å². The second-order valence-electron chi connectivity index (χ2n) is 4.57. The molecule has 3 heteroatoms. The average Bonchev–Trinajstić information content (AvgIpc) is 2.52. The first-order valence-corrected chi connectivity index (χ1v) is 6.18. The van der Waals surface area contributed by atoms with E-state index in [0.29, 0.717) is 5.92 Å². The topological polar surface area (TPSA) is 35.0 Å². The van der Waals surface area contributed by atoms with Crippen molar-refractivity contribution in [1.82, 2.24) is 9.97 Å². The van der Waals surface area contributed by atoms with Gasteiger partial charge in [0.2, 0.25) is 0 Å². The van der Waals surface area contributed by atoms with E-state index in [4.69, 9.17) is 4.74 Å². The van der Waals surface area contributed by atoms with E-state index in [2.05, 4.69) is 30.7 Å². The number of ether oxygens (including phenoxy) is 1. The Balaban J connectivity index is 2.49. The maximum absolute atomic E-state index is 5.52. The number of aromatic nitrogens is 2. The Bertz CT molecular complexity index is 374. The summed E-state index contributed by atoms with van der Waals surface area (Å²) >= 11 is 0. The molecule has 0 N–H and O–H groups in total. The fourth-order valence-electron chi connectivity index (χ4n) is 2.16. The monoisotopic (exact) mass is 220 g/mol. The Morgan fingerprint density at radius 1 is 1.19 bits per heavy atom. The molecule has 0 saturated heterocycles. The van der Waals surface area contributed by atoms with Crippen molar-refractivity contribution in [3.63, 3.8) is 0 Å². The van der Waals surface area contributed by atoms with Gasteiger partial charge in [0.15, 0.2) is 0 Å². The number of fused-ring (bicyclic) bond motifs is 1. The van der Waals surface area contributed by atoms with Crippen LogP contribution < -0.4 is 0 Å². The van der Waals surface area contributed by atoms with Crippen LogP contribution in [0.5, 0.6) is 0 Å². The summed E-state index contributed by atoms with van der Waals surface area (Å²) in [6.45, 7) is 8.12. The van der Waals surface area contributed by atoms with Crippen LogP contribution in [0, 0.1) is 0 Å². The first-order chi connectivity index (χ1) is 7.72. The molecular weight excluding hydrogens is 200 g/mol. The van der Waals surface area contributed by atoms with Crippen LogP contribution in [-0.4, -0.2) is 23.2 Å². The number of aryl methyl sites for hydroxylation is 1. The highest BCUT2D eigenvalue weighted by Gasteiger charge is 2.18. The summed E-state index contributed by atoms with van der Waals surface area (Å²) in [7, 11) is 0. The predicted molar refractivity (Wildman–Crippen MR) is 63.7 cm³/mol. The van der Waals surface area contributed by atoms with Gasteiger partial charge in [-0.15, -0.1) is 0 Å². The van der Waals surface area contributed by atoms with E-state index in [1.165, 1.54) is 17.0 Å². The molecule has 2 heterocycles. The Morgan fingerprint density at radius 3 is 2.62 bits per heavy atom. The van der Waals surface area contributed by atoms with E-state index in [1.54, 1.807) is 0 Å². The molecule has 16 heavy (non-hydrogen) atoms. The molecule has 1 aliphatic heterocycles. The van der Waals surface area contributed by atoms with E-state index in [-0.39, 0.29) is 0 Å². The highest BCUT2D eigenvalue weighted by molar-refractivity contribution is 5.29. The molecule has 0 spiro atoms. The van der Waals surface area contributed by atoms with Gasteiger partial charge in [-0.3, -0.25) is 0 Å². The van der Waals surface area contributed by atoms with Gasteiger partial charge in [-0.05, 0) is 17.9 Å². The fraction of sp³-hybridized carbons (Fsp3) is 0.692. The summed E-state index contributed by atoms with van der Waals surface area (Å²) in [5.74, 6) is 1.45. The van der Waals surface area contributed by atoms with Crippen LogP contribution in [0.2, 0.25) is 0 Å². The summed E-state index contributed by atoms with van der Waals surface area (Å²) < 4.78 is 5.52. The van der Waals surface area contributed by atoms with E-state index in [0.717, 1.165) is 38.3 Å². The van der Waals surface area contributed by atoms with Gasteiger partial charge in [0.1, 0.15) is 5.82 Å². The van der Waals surface area contributed by atoms with Crippen LogP contribution in [0.3, 0.4) is 0 Å². The lowest BCUT2D eigenvalue weighted by atomic mass is 9.99. The Morgan fingerprint density at radius 2 is 1.94 bits per heavy atom. The molecule has 2 rings (SSSR count). The highest BCUT2D eigenvalue weighted by Crippen LogP contribution is 2.23. The third-order valence-corrected chi connectivity index (χ3v) is 3.01. The SMILES string of the molecule is CCc1nc2c(c(C(C)C)n1)CCOCC2. The minimum absolute atomic E-state index is 0.472. The number of hydrogen-bond acceptors (Lipinski definition) is 3. The Kier molecular flexibility index (Phi) is 3.54. The lowest BCUT2D eigenvalue weighted by Gasteiger charge is -2.14. The van der Waals surface area contributed by atoms with Gasteiger partial charge >= 0.3 is 0 Å². The Hall–Kier alpha value is -0.960. The molecule has 0 amide bonds. The first-order valence-electron chi connectivity index (χ1n) is 6.18. The maximum Gasteiger partial charge on any atom is 0.128 e. The van der Waals surface area contributed by atoms with Gasteiger partial charge in [-0.25, -0.2) is 9.97 Å². The van der Waals surface area contributed by atoms with Crippen LogP contribution in [0.4, 0.5) is 0 Å². The smallest absolute Gasteiger partial charge is 0.128 e. The van der Waals surface area contributed by atoms with E-state index in [1.807, 2.05) is 0 Å². The maximum atomic E-state index is 5.52. The van der Waals surface area contributed by atoms with E-state index >= 15 is 0 Å². The first kappa shape index (κ1) is 11.5. The average molecular weight is 220 g/mol. The zero-order valence-electron chi connectivity index (χ0n) is 10.4. The molecule has 0 bridgehead atoms. The van der Waals surface area contributed by atoms with Crippen LogP contribution in [-0.2, 0) is 24.0 Å². The zero-order chi connectivity index (χ0) is 11.5. The van der Waals surface area contributed by atoms with Crippen LogP contribution in [0.25, 0.3) is 0 Å². The van der Waals surface area contributed by atoms with Crippen LogP contribution in [0.15, 0.2) is 0 Å². The van der Waals surface area contributed by atoms with Crippen molar-refractivity contribution < 1.29 is 4.74 Å². The lowest BCUT2D eigenvalue weighted by molar-refractivity contribution is 0.146. The minimum Gasteiger partial charge on any atom is -0.381 e. The summed E-state index contributed by atoms with van der Waals surface area (Å²) in [4.78, 5) is 9.32. The summed E-state index contributed by atoms with van der Waals surface area (Å²) in [5, 5.41) is 0. The third kappa shape index (κ3) is 2.24. The van der Waals surface area contributed by atoms with Crippen molar-refractivity contribution >= 4 is 0 Å². The largest absolute Gasteiger partial charge is 0.381 e. The third-order valence-electron chi connectivity index (χ3n) is 3.01. The fourth-order valence-corrected chi connectivity index (χ4v) is 2.16. The molecule has 0 atom stereocenters. The molecule has 0 aliphatic carbocycles. The zero-order valence-corrected chi connectivity index (χ0v) is 10.4. The quantitative estimate of drug-likeness (QED) is 0.767. The summed E-state index contributed by atoms with van der Waals surface area (Å²) in [5.41, 5.74) is 3.78. The van der Waals surface area contributed by atoms with Gasteiger partial charge in [-0.1, -0.05) is 20.8 Å². The van der Waals surface area contributed by atoms with Gasteiger partial charge in [-0.2, -0.15) is 0 Å². The van der Waals surface area contributed by atoms with Gasteiger partial charge in [0.05, 0.1) is 18.9 Å². The normalized spacial score (nSPS) is 16.0. The van der Waals surface area contributed by atoms with Gasteiger partial charge < -0.3 is 4.74 Å². The standard InChI is InChI=1S/C13H20N2O/c1-4-12-14-11-6-8-16-7-5-10(11)13(15-12)9(2)3/h9H,4-8H2,1-3H3. The highest BCUT2D eigenvalue weighted by atomic mass is 16.5. The predicted octanol–water partition coefficient (Wildman–Crippen LogP) is 2.28. The molecule has 88 valence electrons. The molecule has 0 saturated carbocycles. The minimum atomic E-state index is 0.472. The molecule has 0 radical (unpaired) electrons. The van der Waals surface area contributed by atoms with Gasteiger partial charge in [0, 0.05) is 18.5 Å². The molecule has 0 fully saturated rings. The van der Waals surface area contributed by atoms with Crippen LogP contribution >= 0.6 is 0 Å².